The monoisotopic (exact) mass is 302 g/mol. The lowest BCUT2D eigenvalue weighted by atomic mass is 10.2. The zero-order chi connectivity index (χ0) is 15.6. The summed E-state index contributed by atoms with van der Waals surface area (Å²) in [6, 6.07) is 2.02. The molecule has 1 aromatic rings. The van der Waals surface area contributed by atoms with Crippen LogP contribution in [-0.4, -0.2) is 42.0 Å². The van der Waals surface area contributed by atoms with Crippen molar-refractivity contribution < 1.29 is 18.0 Å². The van der Waals surface area contributed by atoms with Crippen molar-refractivity contribution in [1.82, 2.24) is 9.88 Å². The minimum absolute atomic E-state index is 0.0383. The molecule has 3 N–H and O–H groups in total. The van der Waals surface area contributed by atoms with Gasteiger partial charge in [-0.2, -0.15) is 13.2 Å². The number of alkyl halides is 3. The van der Waals surface area contributed by atoms with Gasteiger partial charge in [0.15, 0.2) is 0 Å². The van der Waals surface area contributed by atoms with Crippen LogP contribution in [0.25, 0.3) is 0 Å². The van der Waals surface area contributed by atoms with Crippen LogP contribution >= 0.6 is 0 Å². The quantitative estimate of drug-likeness (QED) is 0.888. The third kappa shape index (κ3) is 3.63. The van der Waals surface area contributed by atoms with E-state index in [4.69, 9.17) is 5.73 Å². The lowest BCUT2D eigenvalue weighted by molar-refractivity contribution is -0.141. The van der Waals surface area contributed by atoms with Crippen molar-refractivity contribution in [2.45, 2.75) is 25.1 Å². The van der Waals surface area contributed by atoms with Crippen LogP contribution in [0, 0.1) is 0 Å². The number of anilines is 1. The summed E-state index contributed by atoms with van der Waals surface area (Å²) in [6.45, 7) is 1.37. The summed E-state index contributed by atoms with van der Waals surface area (Å²) in [4.78, 5) is 16.9. The van der Waals surface area contributed by atoms with E-state index in [0.29, 0.717) is 6.54 Å². The van der Waals surface area contributed by atoms with Crippen LogP contribution < -0.4 is 11.1 Å². The molecule has 116 valence electrons. The van der Waals surface area contributed by atoms with Crippen molar-refractivity contribution in [2.75, 3.05) is 25.5 Å². The largest absolute Gasteiger partial charge is 0.433 e. The van der Waals surface area contributed by atoms with E-state index in [1.54, 1.807) is 0 Å². The smallest absolute Gasteiger partial charge is 0.368 e. The highest BCUT2D eigenvalue weighted by atomic mass is 19.4. The maximum absolute atomic E-state index is 12.7. The molecule has 1 aromatic heterocycles. The van der Waals surface area contributed by atoms with Gasteiger partial charge in [-0.3, -0.25) is 4.79 Å². The van der Waals surface area contributed by atoms with E-state index in [-0.39, 0.29) is 17.4 Å². The van der Waals surface area contributed by atoms with Gasteiger partial charge in [-0.15, -0.1) is 0 Å². The molecular weight excluding hydrogens is 285 g/mol. The fourth-order valence-electron chi connectivity index (χ4n) is 2.40. The lowest BCUT2D eigenvalue weighted by Gasteiger charge is -2.21. The first-order chi connectivity index (χ1) is 9.79. The first-order valence-electron chi connectivity index (χ1n) is 6.61. The molecule has 1 fully saturated rings. The van der Waals surface area contributed by atoms with Gasteiger partial charge in [-0.25, -0.2) is 4.98 Å². The minimum atomic E-state index is -4.56. The van der Waals surface area contributed by atoms with Crippen molar-refractivity contribution >= 4 is 11.7 Å². The van der Waals surface area contributed by atoms with E-state index in [2.05, 4.69) is 15.2 Å². The third-order valence-electron chi connectivity index (χ3n) is 3.63. The Morgan fingerprint density at radius 1 is 1.52 bits per heavy atom. The number of nitrogens with zero attached hydrogens (tertiary/aromatic N) is 2. The maximum Gasteiger partial charge on any atom is 0.433 e. The second-order valence-electron chi connectivity index (χ2n) is 5.11. The average Bonchev–Trinajstić information content (AvgIpc) is 2.80. The molecule has 1 aliphatic heterocycles. The Kier molecular flexibility index (Phi) is 4.36. The number of nitrogens with two attached hydrogens (primary N) is 1. The molecule has 1 aliphatic rings. The predicted molar refractivity (Wildman–Crippen MR) is 71.9 cm³/mol. The van der Waals surface area contributed by atoms with Crippen molar-refractivity contribution in [3.05, 3.63) is 23.4 Å². The van der Waals surface area contributed by atoms with Gasteiger partial charge in [0.25, 0.3) is 5.91 Å². The molecule has 2 rings (SSSR count). The molecule has 8 heteroatoms. The number of hydrogen-bond acceptors (Lipinski definition) is 4. The maximum atomic E-state index is 12.7. The summed E-state index contributed by atoms with van der Waals surface area (Å²) in [5.41, 5.74) is 4.09. The number of nitrogens with one attached hydrogen (secondary N) is 1. The zero-order valence-electron chi connectivity index (χ0n) is 11.6. The van der Waals surface area contributed by atoms with Gasteiger partial charge >= 0.3 is 6.18 Å². The van der Waals surface area contributed by atoms with Crippen molar-refractivity contribution in [3.63, 3.8) is 0 Å². The van der Waals surface area contributed by atoms with Gasteiger partial charge < -0.3 is 16.0 Å². The number of primary amides is 1. The Morgan fingerprint density at radius 2 is 2.24 bits per heavy atom. The van der Waals surface area contributed by atoms with Crippen molar-refractivity contribution in [1.29, 1.82) is 0 Å². The number of halogens is 3. The van der Waals surface area contributed by atoms with Crippen LogP contribution in [-0.2, 0) is 6.18 Å². The third-order valence-corrected chi connectivity index (χ3v) is 3.63. The summed E-state index contributed by atoms with van der Waals surface area (Å²) >= 11 is 0. The van der Waals surface area contributed by atoms with Crippen LogP contribution in [0.4, 0.5) is 19.0 Å². The second kappa shape index (κ2) is 5.88. The van der Waals surface area contributed by atoms with Gasteiger partial charge in [-0.05, 0) is 38.6 Å². The fourth-order valence-corrected chi connectivity index (χ4v) is 2.40. The van der Waals surface area contributed by atoms with E-state index in [1.807, 2.05) is 7.05 Å². The molecule has 1 saturated heterocycles. The predicted octanol–water partition coefficient (Wildman–Crippen LogP) is 1.71. The number of rotatable bonds is 4. The SMILES string of the molecule is CN1CCCC1CNc1nc(C(F)(F)F)ccc1C(N)=O. The summed E-state index contributed by atoms with van der Waals surface area (Å²) in [6.07, 6.45) is -2.56. The highest BCUT2D eigenvalue weighted by Crippen LogP contribution is 2.29. The van der Waals surface area contributed by atoms with Crippen LogP contribution in [0.3, 0.4) is 0 Å². The van der Waals surface area contributed by atoms with Gasteiger partial charge in [0.05, 0.1) is 5.56 Å². The molecule has 0 saturated carbocycles. The molecule has 0 bridgehead atoms. The molecule has 2 heterocycles. The molecule has 0 radical (unpaired) electrons. The number of aromatic nitrogens is 1. The topological polar surface area (TPSA) is 71.2 Å². The van der Waals surface area contributed by atoms with E-state index < -0.39 is 17.8 Å². The van der Waals surface area contributed by atoms with Crippen LogP contribution in [0.5, 0.6) is 0 Å². The molecule has 1 atom stereocenters. The molecule has 1 amide bonds. The number of likely N-dealkylation sites (N-methyl/N-ethyl adjacent to an activating group) is 1. The number of hydrogen-bond donors (Lipinski definition) is 2. The van der Waals surface area contributed by atoms with Gasteiger partial charge in [-0.1, -0.05) is 0 Å². The van der Waals surface area contributed by atoms with Crippen LogP contribution in [0.1, 0.15) is 28.9 Å². The zero-order valence-corrected chi connectivity index (χ0v) is 11.6. The summed E-state index contributed by atoms with van der Waals surface area (Å²) in [7, 11) is 1.95. The molecule has 21 heavy (non-hydrogen) atoms. The molecule has 1 unspecified atom stereocenters. The molecule has 5 nitrogen and oxygen atoms in total. The highest BCUT2D eigenvalue weighted by molar-refractivity contribution is 5.97. The summed E-state index contributed by atoms with van der Waals surface area (Å²) < 4.78 is 38.1. The Bertz CT molecular complexity index is 533. The Morgan fingerprint density at radius 3 is 2.76 bits per heavy atom. The minimum Gasteiger partial charge on any atom is -0.368 e. The summed E-state index contributed by atoms with van der Waals surface area (Å²) in [5.74, 6) is -0.920. The Balaban J connectivity index is 2.20. The number of carbonyl (C=O) groups is 1. The van der Waals surface area contributed by atoms with Crippen molar-refractivity contribution in [3.8, 4) is 0 Å². The van der Waals surface area contributed by atoms with Crippen LogP contribution in [0.15, 0.2) is 12.1 Å². The van der Waals surface area contributed by atoms with E-state index in [9.17, 15) is 18.0 Å². The molecule has 0 aromatic carbocycles. The normalized spacial score (nSPS) is 19.7. The Hall–Kier alpha value is -1.83. The lowest BCUT2D eigenvalue weighted by Crippen LogP contribution is -2.32. The van der Waals surface area contributed by atoms with Crippen molar-refractivity contribution in [2.24, 2.45) is 5.73 Å². The van der Waals surface area contributed by atoms with E-state index >= 15 is 0 Å². The van der Waals surface area contributed by atoms with E-state index in [1.165, 1.54) is 0 Å². The molecule has 0 aliphatic carbocycles. The summed E-state index contributed by atoms with van der Waals surface area (Å²) in [5, 5.41) is 2.83. The molecular formula is C13H17F3N4O. The number of amides is 1. The second-order valence-corrected chi connectivity index (χ2v) is 5.11. The molecule has 0 spiro atoms. The Labute approximate surface area is 120 Å². The first kappa shape index (κ1) is 15.6. The standard InChI is InChI=1S/C13H17F3N4O/c1-20-6-2-3-8(20)7-18-12-9(11(17)21)4-5-10(19-12)13(14,15)16/h4-5,8H,2-3,6-7H2,1H3,(H2,17,21)(H,18,19). The van der Waals surface area contributed by atoms with Gasteiger partial charge in [0, 0.05) is 12.6 Å². The number of pyridine rings is 1. The number of likely N-dealkylation sites (tertiary alicyclic amines) is 1. The van der Waals surface area contributed by atoms with Gasteiger partial charge in [0.2, 0.25) is 0 Å². The van der Waals surface area contributed by atoms with Gasteiger partial charge in [0.1, 0.15) is 11.5 Å². The first-order valence-corrected chi connectivity index (χ1v) is 6.61. The average molecular weight is 302 g/mol. The number of carbonyl (C=O) groups excluding carboxylic acids is 1. The van der Waals surface area contributed by atoms with E-state index in [0.717, 1.165) is 31.5 Å². The highest BCUT2D eigenvalue weighted by Gasteiger charge is 2.33. The van der Waals surface area contributed by atoms with Crippen LogP contribution in [0.2, 0.25) is 0 Å². The fraction of sp³-hybridized carbons (Fsp3) is 0.538.